The average Bonchev–Trinajstić information content (AvgIpc) is 4.16. The topological polar surface area (TPSA) is 292 Å². The van der Waals surface area contributed by atoms with Crippen LogP contribution in [0.4, 0.5) is 4.39 Å². The molecular weight excluding hydrogens is 1030 g/mol. The molecule has 79 heavy (non-hydrogen) atoms. The fourth-order valence-electron chi connectivity index (χ4n) is 10.9. The number of carboxylic acids is 1. The molecule has 1 fully saturated rings. The number of likely N-dealkylation sites (tertiary alicyclic amines) is 1. The number of esters is 2. The van der Waals surface area contributed by atoms with Gasteiger partial charge in [-0.1, -0.05) is 20.8 Å². The maximum Gasteiger partial charge on any atom is 0.355 e. The van der Waals surface area contributed by atoms with Gasteiger partial charge in [-0.25, -0.2) is 19.0 Å². The van der Waals surface area contributed by atoms with Crippen molar-refractivity contribution in [3.63, 3.8) is 0 Å². The molecule has 1 saturated heterocycles. The fourth-order valence-corrected chi connectivity index (χ4v) is 10.9. The van der Waals surface area contributed by atoms with Crippen molar-refractivity contribution < 1.29 is 71.5 Å². The van der Waals surface area contributed by atoms with Crippen LogP contribution in [-0.2, 0) is 87.2 Å². The minimum Gasteiger partial charge on any atom is -0.481 e. The highest BCUT2D eigenvalue weighted by atomic mass is 19.1. The minimum atomic E-state index is -2.14. The Kier molecular flexibility index (Phi) is 20.0. The molecule has 0 unspecified atom stereocenters. The van der Waals surface area contributed by atoms with Crippen molar-refractivity contribution in [3.8, 4) is 11.4 Å². The Hall–Kier alpha value is -6.89. The predicted octanol–water partition coefficient (Wildman–Crippen LogP) is 2.19. The first-order valence-corrected chi connectivity index (χ1v) is 27.0. The van der Waals surface area contributed by atoms with E-state index >= 15 is 4.39 Å². The minimum absolute atomic E-state index is 0.0498. The van der Waals surface area contributed by atoms with Gasteiger partial charge in [-0.05, 0) is 88.2 Å². The molecule has 5 heterocycles. The Morgan fingerprint density at radius 2 is 1.61 bits per heavy atom. The second kappa shape index (κ2) is 26.4. The first-order chi connectivity index (χ1) is 37.7. The number of hydrogen-bond acceptors (Lipinski definition) is 16. The second-order valence-electron chi connectivity index (χ2n) is 20.8. The van der Waals surface area contributed by atoms with Gasteiger partial charge in [-0.15, -0.1) is 0 Å². The summed E-state index contributed by atoms with van der Waals surface area (Å²) in [6.45, 7) is 7.78. The van der Waals surface area contributed by atoms with Gasteiger partial charge >= 0.3 is 17.9 Å². The first kappa shape index (κ1) is 59.8. The number of halogens is 1. The number of aryl methyl sites for hydroxylation is 1. The molecule has 0 bridgehead atoms. The molecule has 3 aliphatic heterocycles. The molecule has 5 amide bonds. The number of ether oxygens (including phenoxy) is 5. The molecule has 0 radical (unpaired) electrons. The number of amides is 5. The summed E-state index contributed by atoms with van der Waals surface area (Å²) in [6, 6.07) is -1.12. The van der Waals surface area contributed by atoms with Gasteiger partial charge in [-0.3, -0.25) is 33.6 Å². The van der Waals surface area contributed by atoms with E-state index < -0.39 is 83.9 Å². The molecule has 430 valence electrons. The van der Waals surface area contributed by atoms with Crippen molar-refractivity contribution in [2.45, 2.75) is 135 Å². The van der Waals surface area contributed by atoms with Gasteiger partial charge in [0.1, 0.15) is 30.5 Å². The summed E-state index contributed by atoms with van der Waals surface area (Å²) in [5, 5.41) is 21.0. The van der Waals surface area contributed by atoms with Crippen LogP contribution in [0.25, 0.3) is 22.3 Å². The van der Waals surface area contributed by atoms with E-state index in [2.05, 4.69) is 26.2 Å². The monoisotopic (exact) mass is 1100 g/mol. The number of benzene rings is 1. The first-order valence-electron chi connectivity index (χ1n) is 27.0. The normalized spacial score (nSPS) is 18.8. The average molecular weight is 1110 g/mol. The highest BCUT2D eigenvalue weighted by Crippen LogP contribution is 2.47. The standard InChI is InChI=1S/C55H73FN8O15/c1-8-55(35-25-41-49-33(28-64(41)51(71)34(35)29-78-54(55)74)47-39(62(6)7)15-14-32-31(4)36(56)26-37(60-49)46(32)47)79-53(73)48(30(2)3)61-50(70)40-11-10-18-63(40)52(72)38(27-45(68)69)59-44(67)16-19-75-21-23-77-24-22-76-20-17-58-43(66)13-9-12-42(65)57-5/h25-26,30,38-40,48H,8-24,27-29H2,1-7H3,(H,57,65)(H,58,66)(H,59,67)(H,61,70)(H,68,69)/t38-,39-,40-,48-,55-/m0/s1. The Morgan fingerprint density at radius 3 is 2.28 bits per heavy atom. The lowest BCUT2D eigenvalue weighted by Gasteiger charge is -2.37. The molecule has 1 aliphatic carbocycles. The summed E-state index contributed by atoms with van der Waals surface area (Å²) in [5.41, 5.74) is 2.06. The highest BCUT2D eigenvalue weighted by molar-refractivity contribution is 5.97. The third-order valence-corrected chi connectivity index (χ3v) is 15.2. The van der Waals surface area contributed by atoms with Crippen LogP contribution in [0.15, 0.2) is 16.9 Å². The number of pyridine rings is 2. The van der Waals surface area contributed by atoms with E-state index in [-0.39, 0.29) is 120 Å². The lowest BCUT2D eigenvalue weighted by molar-refractivity contribution is -0.191. The molecule has 2 aromatic heterocycles. The molecule has 5 N–H and O–H groups in total. The molecule has 1 aromatic carbocycles. The summed E-state index contributed by atoms with van der Waals surface area (Å²) in [5.74, 6) is -6.89. The summed E-state index contributed by atoms with van der Waals surface area (Å²) in [6.07, 6.45) is 1.65. The summed E-state index contributed by atoms with van der Waals surface area (Å²) in [7, 11) is 5.48. The highest BCUT2D eigenvalue weighted by Gasteiger charge is 2.52. The third-order valence-electron chi connectivity index (χ3n) is 15.2. The van der Waals surface area contributed by atoms with Crippen molar-refractivity contribution >= 4 is 58.3 Å². The SMILES string of the molecule is CC[C@@]1(OC(=O)[C@@H](NC(=O)[C@@H]2CCCN2C(=O)[C@H](CC(=O)O)NC(=O)CCOCCOCCOCCNC(=O)CCCC(=O)NC)C(C)C)C(=O)OCc2c1cc1n(c2=O)Cc2c-1nc1cc(F)c(C)c3c1c2[C@@H](N(C)C)CC3. The largest absolute Gasteiger partial charge is 0.481 e. The molecule has 24 heteroatoms. The van der Waals surface area contributed by atoms with Crippen LogP contribution in [0.5, 0.6) is 0 Å². The molecule has 7 rings (SSSR count). The molecule has 0 saturated carbocycles. The lowest BCUT2D eigenvalue weighted by Crippen LogP contribution is -2.57. The molecule has 5 atom stereocenters. The number of cyclic esters (lactones) is 1. The number of hydrogen-bond donors (Lipinski definition) is 5. The number of aromatic nitrogens is 2. The molecule has 23 nitrogen and oxygen atoms in total. The summed E-state index contributed by atoms with van der Waals surface area (Å²) < 4.78 is 45.2. The Bertz CT molecular complexity index is 2910. The van der Waals surface area contributed by atoms with Crippen molar-refractivity contribution in [1.82, 2.24) is 40.6 Å². The predicted molar refractivity (Wildman–Crippen MR) is 282 cm³/mol. The smallest absolute Gasteiger partial charge is 0.355 e. The number of aliphatic carboxylic acids is 1. The van der Waals surface area contributed by atoms with Gasteiger partial charge in [-0.2, -0.15) is 0 Å². The van der Waals surface area contributed by atoms with Gasteiger partial charge in [0.25, 0.3) is 5.56 Å². The quantitative estimate of drug-likeness (QED) is 0.0422. The third kappa shape index (κ3) is 13.2. The number of carbonyl (C=O) groups excluding carboxylic acids is 7. The zero-order valence-electron chi connectivity index (χ0n) is 46.0. The van der Waals surface area contributed by atoms with Crippen LogP contribution in [-0.4, -0.2) is 164 Å². The molecule has 0 spiro atoms. The van der Waals surface area contributed by atoms with Crippen LogP contribution in [0.1, 0.15) is 118 Å². The maximum absolute atomic E-state index is 15.5. The van der Waals surface area contributed by atoms with E-state index in [1.165, 1.54) is 18.0 Å². The fraction of sp³-hybridized carbons (Fsp3) is 0.600. The Balaban J connectivity index is 0.957. The lowest BCUT2D eigenvalue weighted by atomic mass is 9.81. The van der Waals surface area contributed by atoms with Crippen LogP contribution in [0, 0.1) is 18.7 Å². The molecule has 4 aliphatic rings. The van der Waals surface area contributed by atoms with E-state index in [0.717, 1.165) is 28.5 Å². The van der Waals surface area contributed by atoms with Gasteiger partial charge < -0.3 is 64.4 Å². The van der Waals surface area contributed by atoms with E-state index in [1.54, 1.807) is 38.3 Å². The van der Waals surface area contributed by atoms with Crippen molar-refractivity contribution in [1.29, 1.82) is 0 Å². The molecule has 3 aromatic rings. The van der Waals surface area contributed by atoms with E-state index in [4.69, 9.17) is 28.7 Å². The number of carboxylic acid groups (broad SMARTS) is 1. The number of fused-ring (bicyclic) bond motifs is 5. The van der Waals surface area contributed by atoms with Crippen LogP contribution in [0.2, 0.25) is 0 Å². The molecular formula is C55H73FN8O15. The summed E-state index contributed by atoms with van der Waals surface area (Å²) in [4.78, 5) is 128. The van der Waals surface area contributed by atoms with Crippen molar-refractivity contribution in [2.24, 2.45) is 5.92 Å². The number of rotatable bonds is 27. The maximum atomic E-state index is 15.5. The number of carbonyl (C=O) groups is 8. The zero-order chi connectivity index (χ0) is 57.3. The van der Waals surface area contributed by atoms with Crippen molar-refractivity contribution in [2.75, 3.05) is 73.9 Å². The van der Waals surface area contributed by atoms with Gasteiger partial charge in [0.15, 0.2) is 0 Å². The second-order valence-corrected chi connectivity index (χ2v) is 20.8. The Morgan fingerprint density at radius 1 is 0.911 bits per heavy atom. The van der Waals surface area contributed by atoms with Gasteiger partial charge in [0.2, 0.25) is 35.1 Å². The van der Waals surface area contributed by atoms with E-state index in [0.29, 0.717) is 48.3 Å². The van der Waals surface area contributed by atoms with Crippen molar-refractivity contribution in [3.05, 3.63) is 61.7 Å². The zero-order valence-corrected chi connectivity index (χ0v) is 46.0. The van der Waals surface area contributed by atoms with Crippen LogP contribution in [0.3, 0.4) is 0 Å². The number of nitrogens with one attached hydrogen (secondary N) is 4. The van der Waals surface area contributed by atoms with Crippen LogP contribution >= 0.6 is 0 Å². The van der Waals surface area contributed by atoms with E-state index in [1.807, 2.05) is 14.1 Å². The summed E-state index contributed by atoms with van der Waals surface area (Å²) >= 11 is 0. The number of nitrogens with zero attached hydrogens (tertiary/aromatic N) is 4. The van der Waals surface area contributed by atoms with Gasteiger partial charge in [0.05, 0.1) is 75.1 Å². The van der Waals surface area contributed by atoms with Gasteiger partial charge in [0, 0.05) is 68.0 Å². The van der Waals surface area contributed by atoms with Crippen LogP contribution < -0.4 is 26.8 Å². The van der Waals surface area contributed by atoms with E-state index in [9.17, 15) is 48.3 Å². The Labute approximate surface area is 456 Å².